The lowest BCUT2D eigenvalue weighted by Crippen LogP contribution is -1.95. The number of nitrogens with zero attached hydrogens (tertiary/aromatic N) is 1. The maximum atomic E-state index is 12.3. The van der Waals surface area contributed by atoms with Gasteiger partial charge in [-0.1, -0.05) is 0 Å². The molecule has 0 spiro atoms. The van der Waals surface area contributed by atoms with Crippen LogP contribution in [0.5, 0.6) is 5.75 Å². The van der Waals surface area contributed by atoms with Gasteiger partial charge in [0.25, 0.3) is 6.43 Å². The molecular weight excluding hydrogens is 394 g/mol. The topological polar surface area (TPSA) is 33.1 Å². The minimum Gasteiger partial charge on any atom is -0.506 e. The second-order valence-corrected chi connectivity index (χ2v) is 4.06. The number of alkyl halides is 2. The lowest BCUT2D eigenvalue weighted by Gasteiger charge is -2.06. The predicted molar refractivity (Wildman–Crippen MR) is 56.3 cm³/mol. The van der Waals surface area contributed by atoms with E-state index in [2.05, 4.69) is 4.98 Å². The third-order valence-corrected chi connectivity index (χ3v) is 4.15. The lowest BCUT2D eigenvalue weighted by molar-refractivity contribution is 0.146. The van der Waals surface area contributed by atoms with Crippen molar-refractivity contribution < 1.29 is 13.9 Å². The van der Waals surface area contributed by atoms with E-state index in [0.717, 1.165) is 6.20 Å². The fourth-order valence-electron chi connectivity index (χ4n) is 0.675. The summed E-state index contributed by atoms with van der Waals surface area (Å²) in [6.07, 6.45) is -1.63. The summed E-state index contributed by atoms with van der Waals surface area (Å²) in [6.45, 7) is 0. The fraction of sp³-hybridized carbons (Fsp3) is 0.167. The predicted octanol–water partition coefficient (Wildman–Crippen LogP) is 2.93. The molecule has 0 fully saturated rings. The molecule has 0 saturated carbocycles. The number of hydrogen-bond donors (Lipinski definition) is 1. The van der Waals surface area contributed by atoms with Crippen LogP contribution in [0.15, 0.2) is 6.20 Å². The Hall–Kier alpha value is 0.270. The highest BCUT2D eigenvalue weighted by atomic mass is 127. The van der Waals surface area contributed by atoms with E-state index >= 15 is 0 Å². The molecule has 0 unspecified atom stereocenters. The van der Waals surface area contributed by atoms with Crippen LogP contribution in [-0.4, -0.2) is 10.1 Å². The summed E-state index contributed by atoms with van der Waals surface area (Å²) in [7, 11) is 0. The molecule has 0 bridgehead atoms. The summed E-state index contributed by atoms with van der Waals surface area (Å²) in [5, 5.41) is 9.04. The number of halogens is 4. The molecule has 0 atom stereocenters. The Kier molecular flexibility index (Phi) is 3.44. The Labute approximate surface area is 94.7 Å². The number of hydrogen-bond acceptors (Lipinski definition) is 2. The molecule has 0 aliphatic carbocycles. The molecule has 12 heavy (non-hydrogen) atoms. The Morgan fingerprint density at radius 2 is 2.00 bits per heavy atom. The van der Waals surface area contributed by atoms with Crippen molar-refractivity contribution in [1.29, 1.82) is 0 Å². The van der Waals surface area contributed by atoms with Gasteiger partial charge in [-0.05, 0) is 45.2 Å². The Morgan fingerprint density at radius 1 is 1.42 bits per heavy atom. The van der Waals surface area contributed by atoms with E-state index in [-0.39, 0.29) is 5.56 Å². The van der Waals surface area contributed by atoms with Crippen molar-refractivity contribution in [2.75, 3.05) is 0 Å². The third-order valence-electron chi connectivity index (χ3n) is 1.21. The van der Waals surface area contributed by atoms with Gasteiger partial charge in [-0.15, -0.1) is 0 Å². The van der Waals surface area contributed by atoms with Gasteiger partial charge in [0.15, 0.2) is 0 Å². The SMILES string of the molecule is Oc1cnc(I)c(I)c1C(F)F. The summed E-state index contributed by atoms with van der Waals surface area (Å²) in [5.41, 5.74) is -0.338. The monoisotopic (exact) mass is 397 g/mol. The molecule has 0 amide bonds. The smallest absolute Gasteiger partial charge is 0.268 e. The largest absolute Gasteiger partial charge is 0.506 e. The summed E-state index contributed by atoms with van der Waals surface area (Å²) in [4.78, 5) is 3.72. The zero-order valence-electron chi connectivity index (χ0n) is 5.56. The molecule has 1 aromatic heterocycles. The van der Waals surface area contributed by atoms with Crippen molar-refractivity contribution in [3.63, 3.8) is 0 Å². The first-order valence-corrected chi connectivity index (χ1v) is 5.00. The van der Waals surface area contributed by atoms with E-state index < -0.39 is 12.2 Å². The molecule has 1 rings (SSSR count). The molecule has 1 heterocycles. The van der Waals surface area contributed by atoms with Crippen LogP contribution in [-0.2, 0) is 0 Å². The van der Waals surface area contributed by atoms with Gasteiger partial charge in [0, 0.05) is 0 Å². The minimum atomic E-state index is -2.66. The van der Waals surface area contributed by atoms with E-state index in [4.69, 9.17) is 5.11 Å². The lowest BCUT2D eigenvalue weighted by atomic mass is 10.2. The van der Waals surface area contributed by atoms with E-state index in [1.165, 1.54) is 0 Å². The Morgan fingerprint density at radius 3 is 2.42 bits per heavy atom. The van der Waals surface area contributed by atoms with Gasteiger partial charge in [0.1, 0.15) is 9.45 Å². The van der Waals surface area contributed by atoms with Gasteiger partial charge in [0.2, 0.25) is 0 Å². The molecule has 0 saturated heterocycles. The standard InChI is InChI=1S/C6H3F2I2NO/c7-5(8)3-2(12)1-11-6(10)4(3)9/h1,5,12H. The number of pyridine rings is 1. The number of aromatic hydroxyl groups is 1. The summed E-state index contributed by atoms with van der Waals surface area (Å²) < 4.78 is 25.3. The van der Waals surface area contributed by atoms with Gasteiger partial charge in [-0.3, -0.25) is 0 Å². The maximum absolute atomic E-state index is 12.3. The highest BCUT2D eigenvalue weighted by Gasteiger charge is 2.19. The van der Waals surface area contributed by atoms with Crippen LogP contribution in [0.3, 0.4) is 0 Å². The molecule has 0 aromatic carbocycles. The second-order valence-electron chi connectivity index (χ2n) is 1.96. The minimum absolute atomic E-state index is 0.309. The van der Waals surface area contributed by atoms with E-state index in [9.17, 15) is 8.78 Å². The average molecular weight is 397 g/mol. The highest BCUT2D eigenvalue weighted by molar-refractivity contribution is 14.1. The Bertz CT molecular complexity index is 306. The summed E-state index contributed by atoms with van der Waals surface area (Å²) in [5.74, 6) is -0.449. The zero-order valence-corrected chi connectivity index (χ0v) is 9.88. The summed E-state index contributed by atoms with van der Waals surface area (Å²) in [6, 6.07) is 0. The van der Waals surface area contributed by atoms with Crippen LogP contribution < -0.4 is 0 Å². The van der Waals surface area contributed by atoms with E-state index in [1.54, 1.807) is 22.6 Å². The van der Waals surface area contributed by atoms with Crippen LogP contribution >= 0.6 is 45.2 Å². The van der Waals surface area contributed by atoms with Crippen LogP contribution in [0.4, 0.5) is 8.78 Å². The highest BCUT2D eigenvalue weighted by Crippen LogP contribution is 2.33. The normalized spacial score (nSPS) is 10.8. The van der Waals surface area contributed by atoms with Crippen LogP contribution in [0.1, 0.15) is 12.0 Å². The van der Waals surface area contributed by atoms with Crippen LogP contribution in [0, 0.1) is 7.27 Å². The van der Waals surface area contributed by atoms with Crippen molar-refractivity contribution >= 4 is 45.2 Å². The number of rotatable bonds is 1. The first-order chi connectivity index (χ1) is 5.54. The van der Waals surface area contributed by atoms with Gasteiger partial charge in [-0.25, -0.2) is 13.8 Å². The van der Waals surface area contributed by atoms with E-state index in [0.29, 0.717) is 7.27 Å². The second kappa shape index (κ2) is 3.99. The van der Waals surface area contributed by atoms with Crippen molar-refractivity contribution in [3.05, 3.63) is 19.0 Å². The molecule has 66 valence electrons. The van der Waals surface area contributed by atoms with Gasteiger partial charge in [-0.2, -0.15) is 0 Å². The molecule has 0 radical (unpaired) electrons. The number of aromatic nitrogens is 1. The van der Waals surface area contributed by atoms with Crippen LogP contribution in [0.2, 0.25) is 0 Å². The molecule has 6 heteroatoms. The quantitative estimate of drug-likeness (QED) is 0.585. The first kappa shape index (κ1) is 10.4. The van der Waals surface area contributed by atoms with Crippen molar-refractivity contribution in [3.8, 4) is 5.75 Å². The first-order valence-electron chi connectivity index (χ1n) is 2.85. The van der Waals surface area contributed by atoms with Gasteiger partial charge < -0.3 is 5.11 Å². The van der Waals surface area contributed by atoms with Crippen molar-refractivity contribution in [2.45, 2.75) is 6.43 Å². The van der Waals surface area contributed by atoms with Gasteiger partial charge >= 0.3 is 0 Å². The molecule has 2 nitrogen and oxygen atoms in total. The van der Waals surface area contributed by atoms with Crippen LogP contribution in [0.25, 0.3) is 0 Å². The third kappa shape index (κ3) is 1.95. The maximum Gasteiger partial charge on any atom is 0.268 e. The zero-order chi connectivity index (χ0) is 9.30. The molecule has 1 aromatic rings. The van der Waals surface area contributed by atoms with Gasteiger partial charge in [0.05, 0.1) is 15.3 Å². The van der Waals surface area contributed by atoms with E-state index in [1.807, 2.05) is 22.6 Å². The fourth-order valence-corrected chi connectivity index (χ4v) is 1.76. The average Bonchev–Trinajstić information content (AvgIpc) is 1.97. The van der Waals surface area contributed by atoms with Crippen molar-refractivity contribution in [1.82, 2.24) is 4.98 Å². The van der Waals surface area contributed by atoms with Crippen molar-refractivity contribution in [2.24, 2.45) is 0 Å². The Balaban J connectivity index is 3.33. The summed E-state index contributed by atoms with van der Waals surface area (Å²) >= 11 is 3.57. The molecular formula is C6H3F2I2NO. The molecule has 0 aliphatic heterocycles. The molecule has 0 aliphatic rings. The molecule has 1 N–H and O–H groups in total.